The SMILES string of the molecule is Fc1cc(NC2=Nc3cc(Cl)ccc3N3CCN=C23)ccc1C(F)(F)F. The molecule has 0 spiro atoms. The van der Waals surface area contributed by atoms with Crippen LogP contribution in [0.5, 0.6) is 0 Å². The molecular formula is C17H11ClF4N4. The lowest BCUT2D eigenvalue weighted by molar-refractivity contribution is -0.139. The molecule has 1 N–H and O–H groups in total. The molecule has 0 fully saturated rings. The lowest BCUT2D eigenvalue weighted by atomic mass is 10.1. The maximum Gasteiger partial charge on any atom is 0.419 e. The van der Waals surface area contributed by atoms with Gasteiger partial charge in [-0.2, -0.15) is 13.2 Å². The first kappa shape index (κ1) is 16.8. The fourth-order valence-electron chi connectivity index (χ4n) is 2.91. The second-order valence-electron chi connectivity index (χ2n) is 5.77. The molecule has 4 nitrogen and oxygen atoms in total. The Morgan fingerprint density at radius 1 is 1.12 bits per heavy atom. The molecule has 134 valence electrons. The number of amidine groups is 2. The second kappa shape index (κ2) is 5.98. The molecule has 0 saturated carbocycles. The predicted octanol–water partition coefficient (Wildman–Crippen LogP) is 4.87. The summed E-state index contributed by atoms with van der Waals surface area (Å²) in [5, 5.41) is 3.37. The van der Waals surface area contributed by atoms with E-state index in [9.17, 15) is 17.6 Å². The van der Waals surface area contributed by atoms with Crippen molar-refractivity contribution in [2.75, 3.05) is 23.3 Å². The molecule has 26 heavy (non-hydrogen) atoms. The first-order valence-corrected chi connectivity index (χ1v) is 8.05. The first-order valence-electron chi connectivity index (χ1n) is 7.67. The Labute approximate surface area is 150 Å². The van der Waals surface area contributed by atoms with E-state index in [0.717, 1.165) is 17.8 Å². The molecule has 9 heteroatoms. The van der Waals surface area contributed by atoms with Crippen LogP contribution in [0.1, 0.15) is 5.56 Å². The van der Waals surface area contributed by atoms with Gasteiger partial charge in [0.2, 0.25) is 0 Å². The second-order valence-corrected chi connectivity index (χ2v) is 6.20. The van der Waals surface area contributed by atoms with Gasteiger partial charge in [0.05, 0.1) is 23.5 Å². The molecule has 0 bridgehead atoms. The van der Waals surface area contributed by atoms with E-state index in [-0.39, 0.29) is 5.69 Å². The highest BCUT2D eigenvalue weighted by Crippen LogP contribution is 2.37. The maximum absolute atomic E-state index is 13.8. The van der Waals surface area contributed by atoms with Crippen molar-refractivity contribution in [3.8, 4) is 0 Å². The molecule has 0 radical (unpaired) electrons. The molecule has 0 saturated heterocycles. The van der Waals surface area contributed by atoms with Gasteiger partial charge in [0, 0.05) is 17.3 Å². The van der Waals surface area contributed by atoms with Crippen LogP contribution >= 0.6 is 11.6 Å². The highest BCUT2D eigenvalue weighted by molar-refractivity contribution is 6.51. The summed E-state index contributed by atoms with van der Waals surface area (Å²) in [6.07, 6.45) is -4.74. The fraction of sp³-hybridized carbons (Fsp3) is 0.176. The molecule has 4 rings (SSSR count). The molecule has 0 aromatic heterocycles. The zero-order chi connectivity index (χ0) is 18.5. The Hall–Kier alpha value is -2.61. The molecule has 2 heterocycles. The highest BCUT2D eigenvalue weighted by Gasteiger charge is 2.34. The van der Waals surface area contributed by atoms with E-state index in [1.807, 2.05) is 11.0 Å². The summed E-state index contributed by atoms with van der Waals surface area (Å²) in [5.74, 6) is -0.468. The summed E-state index contributed by atoms with van der Waals surface area (Å²) in [4.78, 5) is 10.8. The molecular weight excluding hydrogens is 372 g/mol. The van der Waals surface area contributed by atoms with Crippen LogP contribution in [0.15, 0.2) is 46.4 Å². The summed E-state index contributed by atoms with van der Waals surface area (Å²) >= 11 is 6.01. The number of nitrogens with zero attached hydrogens (tertiary/aromatic N) is 3. The van der Waals surface area contributed by atoms with Crippen LogP contribution in [0.4, 0.5) is 34.6 Å². The molecule has 2 aliphatic heterocycles. The van der Waals surface area contributed by atoms with Crippen LogP contribution < -0.4 is 10.2 Å². The van der Waals surface area contributed by atoms with E-state index < -0.39 is 17.6 Å². The van der Waals surface area contributed by atoms with E-state index in [1.165, 1.54) is 0 Å². The van der Waals surface area contributed by atoms with Crippen molar-refractivity contribution in [2.24, 2.45) is 9.98 Å². The van der Waals surface area contributed by atoms with Gasteiger partial charge in [0.1, 0.15) is 5.82 Å². The Balaban J connectivity index is 1.71. The van der Waals surface area contributed by atoms with Crippen molar-refractivity contribution in [3.05, 3.63) is 52.8 Å². The fourth-order valence-corrected chi connectivity index (χ4v) is 3.08. The minimum Gasteiger partial charge on any atom is -0.337 e. The summed E-state index contributed by atoms with van der Waals surface area (Å²) in [5.41, 5.74) is 0.280. The lowest BCUT2D eigenvalue weighted by Crippen LogP contribution is -2.39. The van der Waals surface area contributed by atoms with Gasteiger partial charge < -0.3 is 10.2 Å². The Morgan fingerprint density at radius 2 is 1.92 bits per heavy atom. The molecule has 2 aromatic carbocycles. The van der Waals surface area contributed by atoms with Gasteiger partial charge in [0.25, 0.3) is 0 Å². The maximum atomic E-state index is 13.8. The number of hydrogen-bond acceptors (Lipinski definition) is 4. The van der Waals surface area contributed by atoms with Crippen LogP contribution in [0.3, 0.4) is 0 Å². The summed E-state index contributed by atoms with van der Waals surface area (Å²) in [6, 6.07) is 7.90. The average Bonchev–Trinajstić information content (AvgIpc) is 3.03. The monoisotopic (exact) mass is 382 g/mol. The molecule has 2 aromatic rings. The van der Waals surface area contributed by atoms with Crippen molar-refractivity contribution in [1.29, 1.82) is 0 Å². The molecule has 0 atom stereocenters. The van der Waals surface area contributed by atoms with Crippen LogP contribution in [-0.2, 0) is 6.18 Å². The third-order valence-electron chi connectivity index (χ3n) is 4.05. The summed E-state index contributed by atoms with van der Waals surface area (Å²) in [6.45, 7) is 1.20. The third kappa shape index (κ3) is 2.90. The lowest BCUT2D eigenvalue weighted by Gasteiger charge is -2.27. The predicted molar refractivity (Wildman–Crippen MR) is 93.2 cm³/mol. The number of hydrogen-bond donors (Lipinski definition) is 1. The number of halogens is 5. The van der Waals surface area contributed by atoms with Gasteiger partial charge in [-0.3, -0.25) is 4.99 Å². The van der Waals surface area contributed by atoms with E-state index >= 15 is 0 Å². The van der Waals surface area contributed by atoms with Gasteiger partial charge in [-0.25, -0.2) is 9.38 Å². The minimum atomic E-state index is -4.74. The van der Waals surface area contributed by atoms with Crippen molar-refractivity contribution >= 4 is 40.3 Å². The van der Waals surface area contributed by atoms with Gasteiger partial charge in [-0.15, -0.1) is 0 Å². The first-order chi connectivity index (χ1) is 12.3. The number of benzene rings is 2. The Bertz CT molecular complexity index is 952. The molecule has 0 amide bonds. The Morgan fingerprint density at radius 3 is 2.65 bits per heavy atom. The zero-order valence-electron chi connectivity index (χ0n) is 13.1. The normalized spacial score (nSPS) is 16.0. The number of aliphatic imine (C=N–C) groups is 2. The number of alkyl halides is 3. The van der Waals surface area contributed by atoms with Crippen LogP contribution in [0.25, 0.3) is 0 Å². The quantitative estimate of drug-likeness (QED) is 0.715. The van der Waals surface area contributed by atoms with Gasteiger partial charge >= 0.3 is 6.18 Å². The standard InChI is InChI=1S/C17H11ClF4N4/c18-9-1-4-14-13(7-9)25-15(16-23-5-6-26(14)16)24-10-2-3-11(12(19)8-10)17(20,21)22/h1-4,7-8H,5-6H2,(H,24,25). The molecule has 0 aliphatic carbocycles. The van der Waals surface area contributed by atoms with Gasteiger partial charge in [-0.1, -0.05) is 11.6 Å². The number of fused-ring (bicyclic) bond motifs is 3. The number of nitrogens with one attached hydrogen (secondary N) is 1. The largest absolute Gasteiger partial charge is 0.419 e. The van der Waals surface area contributed by atoms with E-state index in [2.05, 4.69) is 15.3 Å². The third-order valence-corrected chi connectivity index (χ3v) is 4.29. The minimum absolute atomic E-state index is 0.147. The van der Waals surface area contributed by atoms with Crippen molar-refractivity contribution in [3.63, 3.8) is 0 Å². The Kier molecular flexibility index (Phi) is 3.87. The van der Waals surface area contributed by atoms with Crippen molar-refractivity contribution in [2.45, 2.75) is 6.18 Å². The summed E-state index contributed by atoms with van der Waals surface area (Å²) < 4.78 is 51.9. The van der Waals surface area contributed by atoms with Crippen LogP contribution in [0, 0.1) is 5.82 Å². The van der Waals surface area contributed by atoms with E-state index in [0.29, 0.717) is 41.5 Å². The van der Waals surface area contributed by atoms with E-state index in [1.54, 1.807) is 12.1 Å². The van der Waals surface area contributed by atoms with Crippen LogP contribution in [-0.4, -0.2) is 24.8 Å². The van der Waals surface area contributed by atoms with Gasteiger partial charge in [0.15, 0.2) is 11.7 Å². The van der Waals surface area contributed by atoms with Crippen LogP contribution in [0.2, 0.25) is 5.02 Å². The van der Waals surface area contributed by atoms with Crippen molar-refractivity contribution in [1.82, 2.24) is 0 Å². The smallest absolute Gasteiger partial charge is 0.337 e. The van der Waals surface area contributed by atoms with Crippen molar-refractivity contribution < 1.29 is 17.6 Å². The summed E-state index contributed by atoms with van der Waals surface area (Å²) in [7, 11) is 0. The highest BCUT2D eigenvalue weighted by atomic mass is 35.5. The molecule has 2 aliphatic rings. The topological polar surface area (TPSA) is 40.0 Å². The zero-order valence-corrected chi connectivity index (χ0v) is 13.9. The number of anilines is 2. The average molecular weight is 383 g/mol. The number of rotatable bonds is 1. The van der Waals surface area contributed by atoms with E-state index in [4.69, 9.17) is 11.6 Å². The molecule has 0 unspecified atom stereocenters. The van der Waals surface area contributed by atoms with Gasteiger partial charge in [-0.05, 0) is 36.4 Å².